The third-order valence-electron chi connectivity index (χ3n) is 6.63. The Kier molecular flexibility index (Phi) is 8.89. The van der Waals surface area contributed by atoms with Gasteiger partial charge in [0.25, 0.3) is 0 Å². The van der Waals surface area contributed by atoms with Crippen LogP contribution in [-0.4, -0.2) is 40.5 Å². The van der Waals surface area contributed by atoms with Crippen LogP contribution >= 0.6 is 11.6 Å². The van der Waals surface area contributed by atoms with Crippen molar-refractivity contribution in [3.8, 4) is 0 Å². The molecule has 0 atom stereocenters. The molecule has 0 bridgehead atoms. The van der Waals surface area contributed by atoms with E-state index in [1.54, 1.807) is 6.92 Å². The Morgan fingerprint density at radius 3 is 2.53 bits per heavy atom. The van der Waals surface area contributed by atoms with E-state index >= 15 is 0 Å². The van der Waals surface area contributed by atoms with Crippen LogP contribution < -0.4 is 0 Å². The molecule has 1 aromatic carbocycles. The summed E-state index contributed by atoms with van der Waals surface area (Å²) in [5.41, 5.74) is 10.6. The molecule has 2 aliphatic rings. The largest absolute Gasteiger partial charge is 0.466 e. The summed E-state index contributed by atoms with van der Waals surface area (Å²) in [6, 6.07) is 12.9. The molecule has 0 unspecified atom stereocenters. The molecule has 0 saturated carbocycles. The summed E-state index contributed by atoms with van der Waals surface area (Å²) in [6.07, 6.45) is 10.0. The Hall–Kier alpha value is -3.02. The van der Waals surface area contributed by atoms with Gasteiger partial charge in [-0.25, -0.2) is 0 Å². The minimum atomic E-state index is -0.211. The molecule has 3 heterocycles. The fraction of sp³-hybridized carbons (Fsp3) is 0.367. The average molecular weight is 504 g/mol. The summed E-state index contributed by atoms with van der Waals surface area (Å²) >= 11 is 6.34. The molecular formula is C30H34ClN3O2. The molecule has 3 aromatic rings. The quantitative estimate of drug-likeness (QED) is 0.398. The van der Waals surface area contributed by atoms with Crippen molar-refractivity contribution in [2.45, 2.75) is 53.0 Å². The number of hydrogen-bond acceptors (Lipinski definition) is 5. The van der Waals surface area contributed by atoms with Gasteiger partial charge in [-0.05, 0) is 85.5 Å². The van der Waals surface area contributed by atoms with Crippen molar-refractivity contribution in [1.82, 2.24) is 14.9 Å². The standard InChI is InChI=1S/C26H26ClN3.C4H8O2/c1-18-13-19(16-28-15-18)17-30-11-8-20(9-12-30)25-24-7-6-23(27)14-22(24)5-4-21-3-2-10-29-26(21)25;1-3-6-4(2)5/h2-3,6-7,10,13-16H,4-5,8-9,11-12,17H2,1H3;3H2,1-2H3. The molecule has 2 aromatic heterocycles. The van der Waals surface area contributed by atoms with E-state index in [1.807, 2.05) is 24.7 Å². The summed E-state index contributed by atoms with van der Waals surface area (Å²) in [5, 5.41) is 0.818. The first-order valence-electron chi connectivity index (χ1n) is 12.7. The number of carbonyl (C=O) groups excluding carboxylic acids is 1. The van der Waals surface area contributed by atoms with Crippen molar-refractivity contribution in [2.75, 3.05) is 19.7 Å². The zero-order valence-electron chi connectivity index (χ0n) is 21.4. The number of hydrogen-bond donors (Lipinski definition) is 0. The van der Waals surface area contributed by atoms with E-state index in [1.165, 1.54) is 51.6 Å². The highest BCUT2D eigenvalue weighted by Crippen LogP contribution is 2.38. The van der Waals surface area contributed by atoms with Gasteiger partial charge in [0.05, 0.1) is 12.3 Å². The Bertz CT molecular complexity index is 1240. The number of fused-ring (bicyclic) bond motifs is 2. The zero-order chi connectivity index (χ0) is 25.5. The van der Waals surface area contributed by atoms with Crippen molar-refractivity contribution in [3.63, 3.8) is 0 Å². The summed E-state index contributed by atoms with van der Waals surface area (Å²) in [6.45, 7) is 8.86. The molecule has 5 nitrogen and oxygen atoms in total. The summed E-state index contributed by atoms with van der Waals surface area (Å²) in [5.74, 6) is -0.211. The monoisotopic (exact) mass is 503 g/mol. The first-order valence-corrected chi connectivity index (χ1v) is 13.0. The predicted octanol–water partition coefficient (Wildman–Crippen LogP) is 6.20. The fourth-order valence-electron chi connectivity index (χ4n) is 5.03. The van der Waals surface area contributed by atoms with Crippen molar-refractivity contribution in [3.05, 3.63) is 99.1 Å². The molecule has 1 aliphatic heterocycles. The van der Waals surface area contributed by atoms with E-state index in [-0.39, 0.29) is 5.97 Å². The first kappa shape index (κ1) is 26.1. The van der Waals surface area contributed by atoms with Gasteiger partial charge in [-0.3, -0.25) is 19.7 Å². The van der Waals surface area contributed by atoms with Gasteiger partial charge in [0.15, 0.2) is 0 Å². The van der Waals surface area contributed by atoms with Crippen molar-refractivity contribution < 1.29 is 9.53 Å². The Labute approximate surface area is 219 Å². The lowest BCUT2D eigenvalue weighted by Crippen LogP contribution is -2.30. The molecule has 5 rings (SSSR count). The van der Waals surface area contributed by atoms with Gasteiger partial charge >= 0.3 is 5.97 Å². The van der Waals surface area contributed by atoms with Gasteiger partial charge in [-0.1, -0.05) is 35.4 Å². The van der Waals surface area contributed by atoms with Crippen LogP contribution in [0.2, 0.25) is 5.02 Å². The minimum absolute atomic E-state index is 0.211. The van der Waals surface area contributed by atoms with E-state index in [2.05, 4.69) is 51.9 Å². The van der Waals surface area contributed by atoms with E-state index in [0.29, 0.717) is 6.61 Å². The van der Waals surface area contributed by atoms with Gasteiger partial charge in [0.2, 0.25) is 0 Å². The Balaban J connectivity index is 0.000000455. The van der Waals surface area contributed by atoms with Crippen LogP contribution in [0.3, 0.4) is 0 Å². The lowest BCUT2D eigenvalue weighted by Gasteiger charge is -2.30. The molecule has 0 spiro atoms. The molecule has 6 heteroatoms. The number of pyridine rings is 2. The van der Waals surface area contributed by atoms with Crippen LogP contribution in [0.15, 0.2) is 60.6 Å². The fourth-order valence-corrected chi connectivity index (χ4v) is 5.22. The van der Waals surface area contributed by atoms with Gasteiger partial charge in [-0.2, -0.15) is 0 Å². The van der Waals surface area contributed by atoms with Gasteiger partial charge in [0, 0.05) is 55.7 Å². The van der Waals surface area contributed by atoms with Crippen LogP contribution in [-0.2, 0) is 28.9 Å². The number of aromatic nitrogens is 2. The molecule has 36 heavy (non-hydrogen) atoms. The highest BCUT2D eigenvalue weighted by Gasteiger charge is 2.25. The summed E-state index contributed by atoms with van der Waals surface area (Å²) < 4.78 is 4.40. The third kappa shape index (κ3) is 6.59. The van der Waals surface area contributed by atoms with Crippen molar-refractivity contribution in [1.29, 1.82) is 0 Å². The maximum Gasteiger partial charge on any atom is 0.302 e. The number of rotatable bonds is 3. The summed E-state index contributed by atoms with van der Waals surface area (Å²) in [7, 11) is 0. The van der Waals surface area contributed by atoms with Crippen LogP contribution in [0.4, 0.5) is 0 Å². The molecule has 0 radical (unpaired) electrons. The smallest absolute Gasteiger partial charge is 0.302 e. The lowest BCUT2D eigenvalue weighted by molar-refractivity contribution is -0.140. The minimum Gasteiger partial charge on any atom is -0.466 e. The van der Waals surface area contributed by atoms with E-state index in [4.69, 9.17) is 16.6 Å². The maximum absolute atomic E-state index is 9.82. The number of halogens is 1. The van der Waals surface area contributed by atoms with Gasteiger partial charge in [-0.15, -0.1) is 0 Å². The molecule has 0 N–H and O–H groups in total. The van der Waals surface area contributed by atoms with Crippen LogP contribution in [0.5, 0.6) is 0 Å². The zero-order valence-corrected chi connectivity index (χ0v) is 22.1. The number of esters is 1. The molecule has 1 aliphatic carbocycles. The van der Waals surface area contributed by atoms with Gasteiger partial charge in [0.1, 0.15) is 0 Å². The van der Waals surface area contributed by atoms with E-state index < -0.39 is 0 Å². The number of carbonyl (C=O) groups is 1. The Morgan fingerprint density at radius 2 is 1.83 bits per heavy atom. The average Bonchev–Trinajstić information content (AvgIpc) is 3.02. The topological polar surface area (TPSA) is 55.3 Å². The van der Waals surface area contributed by atoms with E-state index in [9.17, 15) is 4.79 Å². The molecule has 1 fully saturated rings. The first-order chi connectivity index (χ1) is 17.4. The van der Waals surface area contributed by atoms with Crippen LogP contribution in [0, 0.1) is 6.92 Å². The maximum atomic E-state index is 9.82. The normalized spacial score (nSPS) is 15.2. The number of nitrogens with zero attached hydrogens (tertiary/aromatic N) is 3. The number of piperidine rings is 1. The second kappa shape index (κ2) is 12.3. The lowest BCUT2D eigenvalue weighted by atomic mass is 9.88. The second-order valence-electron chi connectivity index (χ2n) is 9.36. The highest BCUT2D eigenvalue weighted by molar-refractivity contribution is 6.30. The highest BCUT2D eigenvalue weighted by atomic mass is 35.5. The number of likely N-dealkylation sites (tertiary alicyclic amines) is 1. The molecule has 1 saturated heterocycles. The third-order valence-corrected chi connectivity index (χ3v) is 6.86. The Morgan fingerprint density at radius 1 is 1.06 bits per heavy atom. The molecule has 0 amide bonds. The van der Waals surface area contributed by atoms with Crippen LogP contribution in [0.25, 0.3) is 5.57 Å². The number of benzene rings is 1. The number of ether oxygens (including phenoxy) is 1. The van der Waals surface area contributed by atoms with Crippen molar-refractivity contribution >= 4 is 23.1 Å². The SMILES string of the molecule is CCOC(C)=O.Cc1cncc(CN2CCC(=C3c4ccc(Cl)cc4CCc4cccnc43)CC2)c1. The molecular weight excluding hydrogens is 470 g/mol. The number of aryl methyl sites for hydroxylation is 3. The molecule has 188 valence electrons. The predicted molar refractivity (Wildman–Crippen MR) is 145 cm³/mol. The van der Waals surface area contributed by atoms with E-state index in [0.717, 1.165) is 50.3 Å². The summed E-state index contributed by atoms with van der Waals surface area (Å²) in [4.78, 5) is 21.6. The van der Waals surface area contributed by atoms with Gasteiger partial charge < -0.3 is 4.74 Å². The van der Waals surface area contributed by atoms with Crippen LogP contribution in [0.1, 0.15) is 60.2 Å². The second-order valence-corrected chi connectivity index (χ2v) is 9.80. The van der Waals surface area contributed by atoms with Crippen molar-refractivity contribution in [2.24, 2.45) is 0 Å².